The van der Waals surface area contributed by atoms with Gasteiger partial charge in [-0.3, -0.25) is 9.59 Å². The Morgan fingerprint density at radius 2 is 0.610 bits per heavy atom. The van der Waals surface area contributed by atoms with Crippen molar-refractivity contribution in [3.8, 4) is 0 Å². The molecule has 1 amide bonds. The molecule has 0 rings (SSSR count). The highest BCUT2D eigenvalue weighted by molar-refractivity contribution is 5.76. The van der Waals surface area contributed by atoms with Gasteiger partial charge in [-0.1, -0.05) is 345 Å². The van der Waals surface area contributed by atoms with Crippen LogP contribution in [0.4, 0.5) is 0 Å². The molecule has 82 heavy (non-hydrogen) atoms. The number of carbonyl (C=O) groups excluding carboxylic acids is 2. The van der Waals surface area contributed by atoms with E-state index in [1.807, 2.05) is 6.08 Å². The molecule has 0 heterocycles. The Balaban J connectivity index is 3.34. The first-order valence-corrected chi connectivity index (χ1v) is 36.9. The van der Waals surface area contributed by atoms with E-state index in [2.05, 4.69) is 55.6 Å². The highest BCUT2D eigenvalue weighted by Gasteiger charge is 2.18. The Morgan fingerprint density at radius 3 is 0.963 bits per heavy atom. The molecule has 0 fully saturated rings. The number of nitrogens with one attached hydrogen (secondary N) is 1. The zero-order valence-electron chi connectivity index (χ0n) is 55.2. The molecule has 0 aliphatic rings. The fourth-order valence-electron chi connectivity index (χ4n) is 11.4. The number of aliphatic hydroxyl groups is 2. The number of amides is 1. The van der Waals surface area contributed by atoms with Gasteiger partial charge in [-0.15, -0.1) is 0 Å². The lowest BCUT2D eigenvalue weighted by Crippen LogP contribution is -2.45. The summed E-state index contributed by atoms with van der Waals surface area (Å²) in [5, 5.41) is 23.1. The average molecular weight is 1150 g/mol. The Kier molecular flexibility index (Phi) is 69.4. The molecule has 3 N–H and O–H groups in total. The maximum Gasteiger partial charge on any atom is 0.305 e. The molecule has 0 saturated carbocycles. The van der Waals surface area contributed by atoms with E-state index in [4.69, 9.17) is 4.74 Å². The fraction of sp³-hybridized carbons (Fsp3) is 0.868. The minimum Gasteiger partial charge on any atom is -0.466 e. The molecule has 0 aromatic rings. The summed E-state index contributed by atoms with van der Waals surface area (Å²) in [5.74, 6) is -0.0556. The number of hydrogen-bond donors (Lipinski definition) is 3. The van der Waals surface area contributed by atoms with E-state index in [0.29, 0.717) is 19.4 Å². The van der Waals surface area contributed by atoms with Gasteiger partial charge in [0.15, 0.2) is 0 Å². The van der Waals surface area contributed by atoms with E-state index < -0.39 is 12.1 Å². The van der Waals surface area contributed by atoms with Crippen molar-refractivity contribution in [2.45, 2.75) is 411 Å². The van der Waals surface area contributed by atoms with Crippen molar-refractivity contribution in [2.75, 3.05) is 13.2 Å². The van der Waals surface area contributed by atoms with Crippen LogP contribution in [0.5, 0.6) is 0 Å². The Bertz CT molecular complexity index is 1370. The van der Waals surface area contributed by atoms with Gasteiger partial charge in [-0.05, 0) is 89.9 Å². The van der Waals surface area contributed by atoms with Crippen LogP contribution in [0.2, 0.25) is 0 Å². The second kappa shape index (κ2) is 71.3. The van der Waals surface area contributed by atoms with Crippen LogP contribution in [-0.2, 0) is 14.3 Å². The summed E-state index contributed by atoms with van der Waals surface area (Å²) in [6.45, 7) is 4.89. The number of unbranched alkanes of at least 4 members (excludes halogenated alkanes) is 52. The van der Waals surface area contributed by atoms with Gasteiger partial charge in [0.2, 0.25) is 5.91 Å². The number of rotatable bonds is 69. The van der Waals surface area contributed by atoms with Crippen LogP contribution in [0.3, 0.4) is 0 Å². The molecular formula is C76H143NO5. The number of allylic oxidation sites excluding steroid dienone is 7. The van der Waals surface area contributed by atoms with Crippen LogP contribution in [0.1, 0.15) is 399 Å². The number of ether oxygens (including phenoxy) is 1. The standard InChI is InChI=1S/C76H143NO5/c1-3-5-7-9-11-13-15-17-41-46-50-54-58-62-66-70-76(81)82-71-67-63-59-55-51-47-43-40-38-36-34-32-30-28-26-24-22-20-18-19-21-23-25-27-29-31-33-35-37-39-42-45-49-53-57-61-65-69-75(80)77-73(72-78)74(79)68-64-60-56-52-48-44-16-14-12-10-8-6-4-2/h11,13,17-18,20,41,64,68,73-74,78-79H,3-10,12,14-16,19,21-40,42-63,65-67,69-72H2,1-2H3,(H,77,80)/b13-11-,20-18-,41-17-,68-64+. The van der Waals surface area contributed by atoms with Crippen LogP contribution >= 0.6 is 0 Å². The van der Waals surface area contributed by atoms with Gasteiger partial charge < -0.3 is 20.3 Å². The normalized spacial score (nSPS) is 12.8. The van der Waals surface area contributed by atoms with Gasteiger partial charge in [0, 0.05) is 12.8 Å². The third-order valence-corrected chi connectivity index (χ3v) is 17.1. The van der Waals surface area contributed by atoms with Crippen molar-refractivity contribution in [3.63, 3.8) is 0 Å². The van der Waals surface area contributed by atoms with E-state index in [1.165, 1.54) is 321 Å². The lowest BCUT2D eigenvalue weighted by molar-refractivity contribution is -0.143. The topological polar surface area (TPSA) is 95.9 Å². The van der Waals surface area contributed by atoms with Crippen LogP contribution in [-0.4, -0.2) is 47.4 Å². The maximum absolute atomic E-state index is 12.5. The van der Waals surface area contributed by atoms with Crippen molar-refractivity contribution < 1.29 is 24.5 Å². The predicted molar refractivity (Wildman–Crippen MR) is 361 cm³/mol. The molecule has 6 heteroatoms. The van der Waals surface area contributed by atoms with Crippen LogP contribution in [0.25, 0.3) is 0 Å². The first-order valence-electron chi connectivity index (χ1n) is 36.9. The SMILES string of the molecule is CCCCC/C=C\C/C=C\CCCCCCCC(=O)OCCCCCCCCCCCCCCCCCC/C=C\CCCCCCCCCCCCCCCCCCCC(=O)NC(CO)C(O)/C=C/CCCCCCCCCCCCC. The molecular weight excluding hydrogens is 1010 g/mol. The molecule has 0 aliphatic carbocycles. The van der Waals surface area contributed by atoms with E-state index >= 15 is 0 Å². The summed E-state index contributed by atoms with van der Waals surface area (Å²) in [5.41, 5.74) is 0. The molecule has 0 aliphatic heterocycles. The summed E-state index contributed by atoms with van der Waals surface area (Å²) in [6, 6.07) is -0.624. The third kappa shape index (κ3) is 67.0. The minimum absolute atomic E-state index is 0.00727. The number of hydrogen-bond acceptors (Lipinski definition) is 5. The second-order valence-corrected chi connectivity index (χ2v) is 25.3. The Morgan fingerprint density at radius 1 is 0.341 bits per heavy atom. The summed E-state index contributed by atoms with van der Waals surface area (Å²) in [6.07, 6.45) is 93.6. The summed E-state index contributed by atoms with van der Waals surface area (Å²) in [7, 11) is 0. The first kappa shape index (κ1) is 79.8. The van der Waals surface area contributed by atoms with E-state index in [0.717, 1.165) is 51.4 Å². The molecule has 6 nitrogen and oxygen atoms in total. The molecule has 2 atom stereocenters. The van der Waals surface area contributed by atoms with Gasteiger partial charge in [-0.2, -0.15) is 0 Å². The van der Waals surface area contributed by atoms with Crippen molar-refractivity contribution in [1.29, 1.82) is 0 Å². The van der Waals surface area contributed by atoms with E-state index in [-0.39, 0.29) is 18.5 Å². The summed E-state index contributed by atoms with van der Waals surface area (Å²) in [4.78, 5) is 24.5. The molecule has 482 valence electrons. The first-order chi connectivity index (χ1) is 40.5. The highest BCUT2D eigenvalue weighted by Crippen LogP contribution is 2.18. The van der Waals surface area contributed by atoms with Crippen molar-refractivity contribution in [2.24, 2.45) is 0 Å². The Labute approximate surface area is 512 Å². The largest absolute Gasteiger partial charge is 0.466 e. The lowest BCUT2D eigenvalue weighted by Gasteiger charge is -2.20. The second-order valence-electron chi connectivity index (χ2n) is 25.3. The van der Waals surface area contributed by atoms with E-state index in [9.17, 15) is 19.8 Å². The van der Waals surface area contributed by atoms with Crippen LogP contribution < -0.4 is 5.32 Å². The minimum atomic E-state index is -0.841. The molecule has 0 radical (unpaired) electrons. The van der Waals surface area contributed by atoms with Gasteiger partial charge >= 0.3 is 5.97 Å². The van der Waals surface area contributed by atoms with Crippen LogP contribution in [0.15, 0.2) is 48.6 Å². The van der Waals surface area contributed by atoms with Crippen molar-refractivity contribution in [3.05, 3.63) is 48.6 Å². The number of carbonyl (C=O) groups is 2. The van der Waals surface area contributed by atoms with E-state index in [1.54, 1.807) is 6.08 Å². The molecule has 0 spiro atoms. The third-order valence-electron chi connectivity index (χ3n) is 17.1. The zero-order valence-corrected chi connectivity index (χ0v) is 55.2. The molecule has 0 saturated heterocycles. The number of aliphatic hydroxyl groups excluding tert-OH is 2. The fourth-order valence-corrected chi connectivity index (χ4v) is 11.4. The quantitative estimate of drug-likeness (QED) is 0.0320. The summed E-state index contributed by atoms with van der Waals surface area (Å²) >= 11 is 0. The maximum atomic E-state index is 12.5. The predicted octanol–water partition coefficient (Wildman–Crippen LogP) is 24.0. The smallest absolute Gasteiger partial charge is 0.305 e. The van der Waals surface area contributed by atoms with Crippen molar-refractivity contribution in [1.82, 2.24) is 5.32 Å². The van der Waals surface area contributed by atoms with Gasteiger partial charge in [0.1, 0.15) is 0 Å². The Hall–Kier alpha value is -2.18. The highest BCUT2D eigenvalue weighted by atomic mass is 16.5. The monoisotopic (exact) mass is 1150 g/mol. The van der Waals surface area contributed by atoms with Gasteiger partial charge in [0.25, 0.3) is 0 Å². The molecule has 0 aromatic heterocycles. The number of esters is 1. The molecule has 0 aromatic carbocycles. The lowest BCUT2D eigenvalue weighted by atomic mass is 10.0. The molecule has 2 unspecified atom stereocenters. The van der Waals surface area contributed by atoms with Gasteiger partial charge in [-0.25, -0.2) is 0 Å². The zero-order chi connectivity index (χ0) is 59.2. The molecule has 0 bridgehead atoms. The van der Waals surface area contributed by atoms with Crippen LogP contribution in [0, 0.1) is 0 Å². The van der Waals surface area contributed by atoms with Crippen molar-refractivity contribution >= 4 is 11.9 Å². The van der Waals surface area contributed by atoms with Gasteiger partial charge in [0.05, 0.1) is 25.4 Å². The summed E-state index contributed by atoms with van der Waals surface area (Å²) < 4.78 is 5.49. The average Bonchev–Trinajstić information content (AvgIpc) is 3.48.